The molecule has 0 aliphatic heterocycles. The van der Waals surface area contributed by atoms with E-state index in [9.17, 15) is 9.59 Å². The number of carbonyl (C=O) groups excluding carboxylic acids is 2. The monoisotopic (exact) mass is 378 g/mol. The molecule has 0 fully saturated rings. The highest BCUT2D eigenvalue weighted by molar-refractivity contribution is 5.90. The van der Waals surface area contributed by atoms with Gasteiger partial charge in [0.15, 0.2) is 0 Å². The third-order valence-corrected chi connectivity index (χ3v) is 3.96. The number of anilines is 1. The lowest BCUT2D eigenvalue weighted by molar-refractivity contribution is -0.116. The molecule has 0 spiro atoms. The first-order chi connectivity index (χ1) is 13.7. The smallest absolute Gasteiger partial charge is 0.407 e. The Balaban J connectivity index is 1.34. The molecule has 3 rings (SSSR count). The van der Waals surface area contributed by atoms with Gasteiger partial charge in [0.2, 0.25) is 5.91 Å². The Kier molecular flexibility index (Phi) is 6.78. The van der Waals surface area contributed by atoms with Crippen molar-refractivity contribution in [2.24, 2.45) is 0 Å². The minimum Gasteiger partial charge on any atom is -0.445 e. The average Bonchev–Trinajstić information content (AvgIpc) is 3.26. The van der Waals surface area contributed by atoms with E-state index in [1.165, 1.54) is 0 Å². The molecule has 7 heteroatoms. The molecule has 0 atom stereocenters. The summed E-state index contributed by atoms with van der Waals surface area (Å²) in [5.41, 5.74) is 2.49. The first-order valence-corrected chi connectivity index (χ1v) is 9.05. The van der Waals surface area contributed by atoms with E-state index in [4.69, 9.17) is 4.74 Å². The average molecular weight is 378 g/mol. The van der Waals surface area contributed by atoms with Gasteiger partial charge in [-0.3, -0.25) is 4.79 Å². The van der Waals surface area contributed by atoms with Gasteiger partial charge in [-0.1, -0.05) is 36.4 Å². The number of amides is 2. The largest absolute Gasteiger partial charge is 0.445 e. The Morgan fingerprint density at radius 1 is 1.04 bits per heavy atom. The summed E-state index contributed by atoms with van der Waals surface area (Å²) < 4.78 is 6.84. The predicted molar refractivity (Wildman–Crippen MR) is 106 cm³/mol. The molecule has 2 N–H and O–H groups in total. The molecule has 0 saturated heterocycles. The highest BCUT2D eigenvalue weighted by Crippen LogP contribution is 2.14. The van der Waals surface area contributed by atoms with Crippen molar-refractivity contribution in [2.75, 3.05) is 11.9 Å². The van der Waals surface area contributed by atoms with Gasteiger partial charge < -0.3 is 15.4 Å². The van der Waals surface area contributed by atoms with Gasteiger partial charge in [-0.05, 0) is 36.2 Å². The number of rotatable bonds is 8. The van der Waals surface area contributed by atoms with Crippen LogP contribution in [0.4, 0.5) is 10.5 Å². The Morgan fingerprint density at radius 3 is 2.68 bits per heavy atom. The molecule has 1 heterocycles. The Hall–Kier alpha value is -3.61. The molecule has 1 aromatic heterocycles. The first kappa shape index (κ1) is 19.2. The van der Waals surface area contributed by atoms with Crippen LogP contribution < -0.4 is 10.6 Å². The van der Waals surface area contributed by atoms with E-state index in [0.29, 0.717) is 25.1 Å². The number of carbonyl (C=O) groups is 2. The van der Waals surface area contributed by atoms with Crippen molar-refractivity contribution >= 4 is 17.7 Å². The third kappa shape index (κ3) is 5.98. The van der Waals surface area contributed by atoms with E-state index in [2.05, 4.69) is 15.7 Å². The lowest BCUT2D eigenvalue weighted by Gasteiger charge is -2.09. The van der Waals surface area contributed by atoms with E-state index in [-0.39, 0.29) is 12.5 Å². The van der Waals surface area contributed by atoms with Gasteiger partial charge in [-0.15, -0.1) is 0 Å². The predicted octanol–water partition coefficient (Wildman–Crippen LogP) is 3.52. The van der Waals surface area contributed by atoms with Crippen molar-refractivity contribution in [1.82, 2.24) is 15.1 Å². The Labute approximate surface area is 163 Å². The van der Waals surface area contributed by atoms with E-state index in [0.717, 1.165) is 11.3 Å². The molecule has 0 saturated carbocycles. The topological polar surface area (TPSA) is 85.3 Å². The lowest BCUT2D eigenvalue weighted by Crippen LogP contribution is -2.26. The summed E-state index contributed by atoms with van der Waals surface area (Å²) in [5.74, 6) is -0.114. The van der Waals surface area contributed by atoms with Crippen LogP contribution in [0.1, 0.15) is 18.4 Å². The minimum absolute atomic E-state index is 0.114. The van der Waals surface area contributed by atoms with Gasteiger partial charge in [-0.2, -0.15) is 5.10 Å². The van der Waals surface area contributed by atoms with Crippen LogP contribution in [0, 0.1) is 0 Å². The molecule has 144 valence electrons. The van der Waals surface area contributed by atoms with E-state index in [1.807, 2.05) is 66.9 Å². The fraction of sp³-hybridized carbons (Fsp3) is 0.190. The SMILES string of the molecule is O=C(CCCNC(=O)OCc1ccccc1)Nc1cccc(-n2cccn2)c1. The minimum atomic E-state index is -0.490. The summed E-state index contributed by atoms with van der Waals surface area (Å²) in [4.78, 5) is 23.7. The molecule has 7 nitrogen and oxygen atoms in total. The molecule has 0 radical (unpaired) electrons. The zero-order valence-electron chi connectivity index (χ0n) is 15.4. The molecule has 2 aromatic carbocycles. The van der Waals surface area contributed by atoms with E-state index >= 15 is 0 Å². The standard InChI is InChI=1S/C21H22N4O3/c26-20(24-18-9-4-10-19(15-18)25-14-6-13-23-25)11-5-12-22-21(27)28-16-17-7-2-1-3-8-17/h1-4,6-10,13-15H,5,11-12,16H2,(H,22,27)(H,24,26). The summed E-state index contributed by atoms with van der Waals surface area (Å²) in [6, 6.07) is 18.7. The highest BCUT2D eigenvalue weighted by Gasteiger charge is 2.06. The van der Waals surface area contributed by atoms with Gasteiger partial charge in [0, 0.05) is 31.0 Å². The van der Waals surface area contributed by atoms with Gasteiger partial charge in [-0.25, -0.2) is 9.48 Å². The lowest BCUT2D eigenvalue weighted by atomic mass is 10.2. The Morgan fingerprint density at radius 2 is 1.89 bits per heavy atom. The summed E-state index contributed by atoms with van der Waals surface area (Å²) in [5, 5.41) is 9.67. The molecule has 0 aliphatic rings. The molecular formula is C21H22N4O3. The number of hydrogen-bond acceptors (Lipinski definition) is 4. The van der Waals surface area contributed by atoms with Gasteiger partial charge in [0.25, 0.3) is 0 Å². The van der Waals surface area contributed by atoms with Crippen molar-refractivity contribution in [1.29, 1.82) is 0 Å². The number of benzene rings is 2. The van der Waals surface area contributed by atoms with Crippen LogP contribution in [0.3, 0.4) is 0 Å². The number of ether oxygens (including phenoxy) is 1. The molecule has 28 heavy (non-hydrogen) atoms. The van der Waals surface area contributed by atoms with Crippen LogP contribution in [0.15, 0.2) is 73.1 Å². The van der Waals surface area contributed by atoms with Crippen LogP contribution in [0.5, 0.6) is 0 Å². The van der Waals surface area contributed by atoms with Crippen molar-refractivity contribution in [3.05, 3.63) is 78.6 Å². The first-order valence-electron chi connectivity index (χ1n) is 9.05. The van der Waals surface area contributed by atoms with E-state index in [1.54, 1.807) is 10.9 Å². The molecule has 0 bridgehead atoms. The quantitative estimate of drug-likeness (QED) is 0.587. The second-order valence-corrected chi connectivity index (χ2v) is 6.14. The summed E-state index contributed by atoms with van der Waals surface area (Å²) in [6.07, 6.45) is 3.86. The summed E-state index contributed by atoms with van der Waals surface area (Å²) in [6.45, 7) is 0.591. The van der Waals surface area contributed by atoms with Crippen molar-refractivity contribution in [3.8, 4) is 5.69 Å². The molecule has 3 aromatic rings. The second-order valence-electron chi connectivity index (χ2n) is 6.14. The fourth-order valence-corrected chi connectivity index (χ4v) is 2.58. The van der Waals surface area contributed by atoms with Crippen LogP contribution in [-0.2, 0) is 16.1 Å². The maximum Gasteiger partial charge on any atom is 0.407 e. The summed E-state index contributed by atoms with van der Waals surface area (Å²) in [7, 11) is 0. The zero-order valence-corrected chi connectivity index (χ0v) is 15.4. The van der Waals surface area contributed by atoms with Crippen LogP contribution in [-0.4, -0.2) is 28.3 Å². The van der Waals surface area contributed by atoms with Crippen LogP contribution >= 0.6 is 0 Å². The van der Waals surface area contributed by atoms with Crippen LogP contribution in [0.2, 0.25) is 0 Å². The highest BCUT2D eigenvalue weighted by atomic mass is 16.5. The zero-order chi connectivity index (χ0) is 19.6. The number of alkyl carbamates (subject to hydrolysis) is 1. The van der Waals surface area contributed by atoms with Crippen molar-refractivity contribution in [3.63, 3.8) is 0 Å². The van der Waals surface area contributed by atoms with Gasteiger partial charge >= 0.3 is 6.09 Å². The van der Waals surface area contributed by atoms with Gasteiger partial charge in [0.1, 0.15) is 6.61 Å². The number of aromatic nitrogens is 2. The molecule has 0 unspecified atom stereocenters. The van der Waals surface area contributed by atoms with E-state index < -0.39 is 6.09 Å². The van der Waals surface area contributed by atoms with Crippen LogP contribution in [0.25, 0.3) is 5.69 Å². The number of nitrogens with zero attached hydrogens (tertiary/aromatic N) is 2. The number of nitrogens with one attached hydrogen (secondary N) is 2. The Bertz CT molecular complexity index is 895. The maximum atomic E-state index is 12.1. The van der Waals surface area contributed by atoms with Gasteiger partial charge in [0.05, 0.1) is 5.69 Å². The molecule has 2 amide bonds. The normalized spacial score (nSPS) is 10.3. The third-order valence-electron chi connectivity index (χ3n) is 3.96. The molecule has 0 aliphatic carbocycles. The number of hydrogen-bond donors (Lipinski definition) is 2. The maximum absolute atomic E-state index is 12.1. The fourth-order valence-electron chi connectivity index (χ4n) is 2.58. The molecular weight excluding hydrogens is 356 g/mol. The van der Waals surface area contributed by atoms with Crippen molar-refractivity contribution in [2.45, 2.75) is 19.4 Å². The van der Waals surface area contributed by atoms with Crippen molar-refractivity contribution < 1.29 is 14.3 Å². The second kappa shape index (κ2) is 9.91. The summed E-state index contributed by atoms with van der Waals surface area (Å²) >= 11 is 0.